The van der Waals surface area contributed by atoms with E-state index in [1.807, 2.05) is 6.07 Å². The van der Waals surface area contributed by atoms with Gasteiger partial charge in [0.25, 0.3) is 0 Å². The van der Waals surface area contributed by atoms with Gasteiger partial charge in [-0.3, -0.25) is 0 Å². The molecule has 2 aromatic rings. The SMILES string of the molecule is N#Cc1cnc(Nc2ccc(S(=O)(=O)NCC3CCCO3)cc2)nc1NCCF. The van der Waals surface area contributed by atoms with Crippen molar-refractivity contribution in [3.05, 3.63) is 36.0 Å². The number of alkyl halides is 1. The second-order valence-electron chi connectivity index (χ2n) is 6.32. The van der Waals surface area contributed by atoms with E-state index in [1.54, 1.807) is 12.1 Å². The van der Waals surface area contributed by atoms with E-state index in [0.717, 1.165) is 12.8 Å². The molecule has 1 aromatic carbocycles. The molecule has 1 unspecified atom stereocenters. The highest BCUT2D eigenvalue weighted by Gasteiger charge is 2.20. The average Bonchev–Trinajstić information content (AvgIpc) is 3.25. The van der Waals surface area contributed by atoms with Crippen molar-refractivity contribution >= 4 is 27.5 Å². The van der Waals surface area contributed by atoms with E-state index in [0.29, 0.717) is 12.3 Å². The van der Waals surface area contributed by atoms with Crippen LogP contribution < -0.4 is 15.4 Å². The fourth-order valence-electron chi connectivity index (χ4n) is 2.76. The van der Waals surface area contributed by atoms with Gasteiger partial charge in [-0.1, -0.05) is 0 Å². The normalized spacial score (nSPS) is 16.3. The molecular formula is C18H21FN6O3S. The number of anilines is 3. The van der Waals surface area contributed by atoms with Crippen LogP contribution in [0.25, 0.3) is 0 Å². The molecule has 29 heavy (non-hydrogen) atoms. The average molecular weight is 420 g/mol. The molecule has 1 atom stereocenters. The molecule has 2 heterocycles. The second kappa shape index (κ2) is 9.60. The monoisotopic (exact) mass is 420 g/mol. The van der Waals surface area contributed by atoms with Crippen LogP contribution >= 0.6 is 0 Å². The third-order valence-corrected chi connectivity index (χ3v) is 5.68. The van der Waals surface area contributed by atoms with Crippen LogP contribution in [0.3, 0.4) is 0 Å². The summed E-state index contributed by atoms with van der Waals surface area (Å²) in [5.41, 5.74) is 0.756. The number of nitrogens with one attached hydrogen (secondary N) is 3. The molecule has 1 aromatic heterocycles. The van der Waals surface area contributed by atoms with Gasteiger partial charge in [0, 0.05) is 25.4 Å². The summed E-state index contributed by atoms with van der Waals surface area (Å²) in [6, 6.07) is 8.02. The molecule has 0 saturated carbocycles. The summed E-state index contributed by atoms with van der Waals surface area (Å²) in [6.45, 7) is 0.330. The summed E-state index contributed by atoms with van der Waals surface area (Å²) in [4.78, 5) is 8.32. The number of ether oxygens (including phenoxy) is 1. The smallest absolute Gasteiger partial charge is 0.240 e. The van der Waals surface area contributed by atoms with Crippen molar-refractivity contribution in [1.29, 1.82) is 5.26 Å². The van der Waals surface area contributed by atoms with Crippen molar-refractivity contribution in [2.75, 3.05) is 37.0 Å². The number of halogens is 1. The molecule has 1 fully saturated rings. The topological polar surface area (TPSA) is 129 Å². The lowest BCUT2D eigenvalue weighted by Gasteiger charge is -2.12. The van der Waals surface area contributed by atoms with Gasteiger partial charge < -0.3 is 15.4 Å². The lowest BCUT2D eigenvalue weighted by atomic mass is 10.2. The fourth-order valence-corrected chi connectivity index (χ4v) is 3.83. The summed E-state index contributed by atoms with van der Waals surface area (Å²) in [7, 11) is -3.63. The maximum absolute atomic E-state index is 12.4. The minimum atomic E-state index is -3.63. The summed E-state index contributed by atoms with van der Waals surface area (Å²) in [6.07, 6.45) is 3.02. The highest BCUT2D eigenvalue weighted by molar-refractivity contribution is 7.89. The molecular weight excluding hydrogens is 399 g/mol. The number of aromatic nitrogens is 2. The highest BCUT2D eigenvalue weighted by Crippen LogP contribution is 2.19. The van der Waals surface area contributed by atoms with Crippen LogP contribution in [0, 0.1) is 11.3 Å². The Hall–Kier alpha value is -2.81. The quantitative estimate of drug-likeness (QED) is 0.561. The first-order valence-electron chi connectivity index (χ1n) is 9.07. The third-order valence-electron chi connectivity index (χ3n) is 4.24. The molecule has 9 nitrogen and oxygen atoms in total. The minimum Gasteiger partial charge on any atom is -0.377 e. The fraction of sp³-hybridized carbons (Fsp3) is 0.389. The molecule has 3 rings (SSSR count). The van der Waals surface area contributed by atoms with Crippen LogP contribution in [0.15, 0.2) is 35.4 Å². The third kappa shape index (κ3) is 5.60. The number of nitrogens with zero attached hydrogens (tertiary/aromatic N) is 3. The zero-order chi connectivity index (χ0) is 20.7. The van der Waals surface area contributed by atoms with Crippen molar-refractivity contribution in [2.45, 2.75) is 23.8 Å². The second-order valence-corrected chi connectivity index (χ2v) is 8.09. The van der Waals surface area contributed by atoms with Gasteiger partial charge in [-0.25, -0.2) is 22.5 Å². The van der Waals surface area contributed by atoms with E-state index in [1.165, 1.54) is 18.3 Å². The Morgan fingerprint density at radius 2 is 2.10 bits per heavy atom. The molecule has 1 saturated heterocycles. The van der Waals surface area contributed by atoms with Gasteiger partial charge in [-0.2, -0.15) is 10.2 Å². The number of hydrogen-bond acceptors (Lipinski definition) is 8. The highest BCUT2D eigenvalue weighted by atomic mass is 32.2. The lowest BCUT2D eigenvalue weighted by Crippen LogP contribution is -2.31. The minimum absolute atomic E-state index is 0.0244. The first-order valence-corrected chi connectivity index (χ1v) is 10.6. The van der Waals surface area contributed by atoms with Crippen molar-refractivity contribution in [3.63, 3.8) is 0 Å². The van der Waals surface area contributed by atoms with Gasteiger partial charge in [-0.15, -0.1) is 0 Å². The Labute approximate surface area is 168 Å². The summed E-state index contributed by atoms with van der Waals surface area (Å²) in [5.74, 6) is 0.414. The van der Waals surface area contributed by atoms with E-state index < -0.39 is 16.7 Å². The van der Waals surface area contributed by atoms with E-state index >= 15 is 0 Å². The van der Waals surface area contributed by atoms with E-state index in [2.05, 4.69) is 25.3 Å². The van der Waals surface area contributed by atoms with Crippen LogP contribution in [0.2, 0.25) is 0 Å². The molecule has 0 radical (unpaired) electrons. The van der Waals surface area contributed by atoms with Gasteiger partial charge in [0.1, 0.15) is 24.1 Å². The van der Waals surface area contributed by atoms with Crippen LogP contribution in [0.1, 0.15) is 18.4 Å². The predicted molar refractivity (Wildman–Crippen MR) is 105 cm³/mol. The number of benzene rings is 1. The first-order chi connectivity index (χ1) is 14.0. The van der Waals surface area contributed by atoms with E-state index in [4.69, 9.17) is 10.00 Å². The Morgan fingerprint density at radius 1 is 1.31 bits per heavy atom. The molecule has 0 aliphatic carbocycles. The number of rotatable bonds is 9. The largest absolute Gasteiger partial charge is 0.377 e. The van der Waals surface area contributed by atoms with Gasteiger partial charge in [0.2, 0.25) is 16.0 Å². The summed E-state index contributed by atoms with van der Waals surface area (Å²) in [5, 5.41) is 14.7. The lowest BCUT2D eigenvalue weighted by molar-refractivity contribution is 0.114. The van der Waals surface area contributed by atoms with Gasteiger partial charge >= 0.3 is 0 Å². The molecule has 3 N–H and O–H groups in total. The van der Waals surface area contributed by atoms with Crippen molar-refractivity contribution in [2.24, 2.45) is 0 Å². The standard InChI is InChI=1S/C18H21FN6O3S/c19-7-8-21-17-13(10-20)11-22-18(25-17)24-14-3-5-16(6-4-14)29(26,27)23-12-15-2-1-9-28-15/h3-6,11,15,23H,1-2,7-9,12H2,(H2,21,22,24,25). The molecule has 0 amide bonds. The maximum Gasteiger partial charge on any atom is 0.240 e. The predicted octanol–water partition coefficient (Wildman–Crippen LogP) is 1.93. The summed E-state index contributed by atoms with van der Waals surface area (Å²) >= 11 is 0. The maximum atomic E-state index is 12.4. The Bertz CT molecular complexity index is 972. The molecule has 154 valence electrons. The Morgan fingerprint density at radius 3 is 2.76 bits per heavy atom. The van der Waals surface area contributed by atoms with Gasteiger partial charge in [-0.05, 0) is 37.1 Å². The van der Waals surface area contributed by atoms with Gasteiger partial charge in [0.05, 0.1) is 17.2 Å². The molecule has 1 aliphatic heterocycles. The molecule has 11 heteroatoms. The van der Waals surface area contributed by atoms with Crippen LogP contribution in [-0.4, -0.2) is 50.9 Å². The van der Waals surface area contributed by atoms with Crippen LogP contribution in [-0.2, 0) is 14.8 Å². The molecule has 1 aliphatic rings. The Balaban J connectivity index is 1.66. The number of hydrogen-bond donors (Lipinski definition) is 3. The van der Waals surface area contributed by atoms with E-state index in [-0.39, 0.29) is 41.4 Å². The van der Waals surface area contributed by atoms with E-state index in [9.17, 15) is 12.8 Å². The first kappa shape index (κ1) is 20.9. The molecule has 0 bridgehead atoms. The molecule has 0 spiro atoms. The zero-order valence-electron chi connectivity index (χ0n) is 15.6. The number of sulfonamides is 1. The van der Waals surface area contributed by atoms with Gasteiger partial charge in [0.15, 0.2) is 0 Å². The zero-order valence-corrected chi connectivity index (χ0v) is 16.4. The van der Waals surface area contributed by atoms with Crippen molar-refractivity contribution in [3.8, 4) is 6.07 Å². The van der Waals surface area contributed by atoms with Crippen LogP contribution in [0.5, 0.6) is 0 Å². The van der Waals surface area contributed by atoms with Crippen LogP contribution in [0.4, 0.5) is 21.8 Å². The van der Waals surface area contributed by atoms with Crippen molar-refractivity contribution < 1.29 is 17.5 Å². The summed E-state index contributed by atoms with van der Waals surface area (Å²) < 4.78 is 45.1. The number of nitriles is 1. The van der Waals surface area contributed by atoms with Crippen molar-refractivity contribution in [1.82, 2.24) is 14.7 Å². The Kier molecular flexibility index (Phi) is 6.92.